The van der Waals surface area contributed by atoms with Gasteiger partial charge in [-0.2, -0.15) is 0 Å². The molecule has 5 heteroatoms. The van der Waals surface area contributed by atoms with E-state index in [9.17, 15) is 13.6 Å². The highest BCUT2D eigenvalue weighted by Gasteiger charge is 2.37. The van der Waals surface area contributed by atoms with E-state index in [2.05, 4.69) is 0 Å². The van der Waals surface area contributed by atoms with E-state index >= 15 is 0 Å². The number of nitrogens with one attached hydrogen (secondary N) is 1. The third-order valence-electron chi connectivity index (χ3n) is 2.67. The van der Waals surface area contributed by atoms with Crippen LogP contribution in [0.3, 0.4) is 0 Å². The molecule has 0 aromatic heterocycles. The Kier molecular flexibility index (Phi) is 3.14. The number of rotatable bonds is 2. The zero-order valence-corrected chi connectivity index (χ0v) is 9.36. The molecule has 1 atom stereocenters. The monoisotopic (exact) mass is 251 g/mol. The highest BCUT2D eigenvalue weighted by Crippen LogP contribution is 2.35. The number of carbonyl (C=O) groups is 1. The van der Waals surface area contributed by atoms with Crippen molar-refractivity contribution >= 4 is 11.7 Å². The third-order valence-corrected chi connectivity index (χ3v) is 2.67. The number of benzene rings is 1. The van der Waals surface area contributed by atoms with E-state index in [4.69, 9.17) is 5.11 Å². The van der Waals surface area contributed by atoms with Gasteiger partial charge in [-0.1, -0.05) is 30.4 Å². The molecule has 2 rings (SSSR count). The molecule has 0 spiro atoms. The van der Waals surface area contributed by atoms with E-state index < -0.39 is 17.7 Å². The second kappa shape index (κ2) is 4.60. The van der Waals surface area contributed by atoms with Crippen LogP contribution in [0.1, 0.15) is 12.0 Å². The fraction of sp³-hybridized carbons (Fsp3) is 0.154. The molecule has 0 saturated heterocycles. The second-order valence-electron chi connectivity index (χ2n) is 3.95. The van der Waals surface area contributed by atoms with Crippen molar-refractivity contribution < 1.29 is 18.7 Å². The quantitative estimate of drug-likeness (QED) is 0.793. The van der Waals surface area contributed by atoms with Crippen LogP contribution in [0.25, 0.3) is 5.57 Å². The minimum Gasteiger partial charge on any atom is -0.465 e. The highest BCUT2D eigenvalue weighted by atomic mass is 19.1. The molecule has 2 N–H and O–H groups in total. The van der Waals surface area contributed by atoms with Crippen LogP contribution in [0.5, 0.6) is 0 Å². The summed E-state index contributed by atoms with van der Waals surface area (Å²) in [6.07, 6.45) is 2.98. The summed E-state index contributed by atoms with van der Waals surface area (Å²) in [5.74, 6) is -2.73. The van der Waals surface area contributed by atoms with Gasteiger partial charge in [0.25, 0.3) is 0 Å². The number of halogens is 2. The Morgan fingerprint density at radius 2 is 2.22 bits per heavy atom. The van der Waals surface area contributed by atoms with E-state index in [0.717, 1.165) is 0 Å². The van der Waals surface area contributed by atoms with E-state index in [1.807, 2.05) is 5.32 Å². The van der Waals surface area contributed by atoms with Crippen molar-refractivity contribution in [3.05, 3.63) is 53.9 Å². The van der Waals surface area contributed by atoms with Gasteiger partial charge in [-0.3, -0.25) is 5.32 Å². The van der Waals surface area contributed by atoms with Gasteiger partial charge in [-0.15, -0.1) is 0 Å². The lowest BCUT2D eigenvalue weighted by Crippen LogP contribution is -2.45. The molecular weight excluding hydrogens is 240 g/mol. The molecule has 1 aliphatic rings. The topological polar surface area (TPSA) is 49.3 Å². The van der Waals surface area contributed by atoms with Crippen LogP contribution in [0.4, 0.5) is 13.6 Å². The molecule has 1 unspecified atom stereocenters. The molecule has 3 nitrogen and oxygen atoms in total. The first-order valence-corrected chi connectivity index (χ1v) is 5.34. The van der Waals surface area contributed by atoms with Gasteiger partial charge in [-0.25, -0.2) is 13.6 Å². The van der Waals surface area contributed by atoms with Crippen LogP contribution in [0.15, 0.2) is 42.5 Å². The van der Waals surface area contributed by atoms with Gasteiger partial charge in [0.1, 0.15) is 5.82 Å². The van der Waals surface area contributed by atoms with Gasteiger partial charge >= 0.3 is 6.09 Å². The van der Waals surface area contributed by atoms with Crippen molar-refractivity contribution in [3.8, 4) is 0 Å². The normalized spacial score (nSPS) is 22.4. The summed E-state index contributed by atoms with van der Waals surface area (Å²) >= 11 is 0. The molecule has 0 fully saturated rings. The maximum Gasteiger partial charge on any atom is 0.407 e. The summed E-state index contributed by atoms with van der Waals surface area (Å²) in [6.45, 7) is 0. The average molecular weight is 251 g/mol. The molecule has 0 saturated carbocycles. The standard InChI is InChI=1S/C13H11F2NO2/c14-10-5-3-4-9(8-10)11-6-1-2-7-13(11,15)16-12(17)18/h1-6,8,16H,7H2,(H,17,18). The van der Waals surface area contributed by atoms with Crippen LogP contribution in [-0.2, 0) is 0 Å². The average Bonchev–Trinajstić information content (AvgIpc) is 2.27. The largest absolute Gasteiger partial charge is 0.465 e. The van der Waals surface area contributed by atoms with Crippen molar-refractivity contribution in [3.63, 3.8) is 0 Å². The van der Waals surface area contributed by atoms with Gasteiger partial charge < -0.3 is 5.11 Å². The van der Waals surface area contributed by atoms with Gasteiger partial charge in [0.05, 0.1) is 0 Å². The number of alkyl halides is 1. The molecule has 0 heterocycles. The van der Waals surface area contributed by atoms with E-state index in [0.29, 0.717) is 5.56 Å². The Bertz CT molecular complexity index is 540. The van der Waals surface area contributed by atoms with Gasteiger partial charge in [0.15, 0.2) is 0 Å². The number of hydrogen-bond donors (Lipinski definition) is 2. The van der Waals surface area contributed by atoms with Crippen LogP contribution in [0.2, 0.25) is 0 Å². The maximum absolute atomic E-state index is 14.6. The van der Waals surface area contributed by atoms with Crippen LogP contribution < -0.4 is 5.32 Å². The Hall–Kier alpha value is -2.17. The predicted molar refractivity (Wildman–Crippen MR) is 63.1 cm³/mol. The molecule has 18 heavy (non-hydrogen) atoms. The van der Waals surface area contributed by atoms with Crippen molar-refractivity contribution in [2.24, 2.45) is 0 Å². The summed E-state index contributed by atoms with van der Waals surface area (Å²) in [6, 6.07) is 5.40. The molecular formula is C13H11F2NO2. The molecule has 0 bridgehead atoms. The van der Waals surface area contributed by atoms with Gasteiger partial charge in [0, 0.05) is 12.0 Å². The second-order valence-corrected chi connectivity index (χ2v) is 3.95. The first kappa shape index (κ1) is 12.3. The Morgan fingerprint density at radius 3 is 2.89 bits per heavy atom. The fourth-order valence-corrected chi connectivity index (χ4v) is 1.91. The fourth-order valence-electron chi connectivity index (χ4n) is 1.91. The molecule has 94 valence electrons. The van der Waals surface area contributed by atoms with Crippen LogP contribution in [0, 0.1) is 5.82 Å². The first-order chi connectivity index (χ1) is 8.51. The van der Waals surface area contributed by atoms with Crippen molar-refractivity contribution in [1.29, 1.82) is 0 Å². The highest BCUT2D eigenvalue weighted by molar-refractivity contribution is 5.79. The van der Waals surface area contributed by atoms with Gasteiger partial charge in [0.2, 0.25) is 5.79 Å². The number of carboxylic acid groups (broad SMARTS) is 1. The number of hydrogen-bond acceptors (Lipinski definition) is 1. The van der Waals surface area contributed by atoms with Crippen LogP contribution in [-0.4, -0.2) is 17.0 Å². The van der Waals surface area contributed by atoms with Crippen LogP contribution >= 0.6 is 0 Å². The zero-order chi connectivity index (χ0) is 13.2. The summed E-state index contributed by atoms with van der Waals surface area (Å²) in [7, 11) is 0. The predicted octanol–water partition coefficient (Wildman–Crippen LogP) is 3.10. The summed E-state index contributed by atoms with van der Waals surface area (Å²) < 4.78 is 27.7. The summed E-state index contributed by atoms with van der Waals surface area (Å²) in [5.41, 5.74) is 0.419. The molecule has 0 aliphatic heterocycles. The molecule has 0 radical (unpaired) electrons. The molecule has 1 aromatic carbocycles. The Balaban J connectivity index is 2.42. The van der Waals surface area contributed by atoms with Crippen molar-refractivity contribution in [2.75, 3.05) is 0 Å². The Labute approximate surface area is 102 Å². The van der Waals surface area contributed by atoms with Gasteiger partial charge in [-0.05, 0) is 17.7 Å². The number of amides is 1. The Morgan fingerprint density at radius 1 is 1.44 bits per heavy atom. The third kappa shape index (κ3) is 2.40. The summed E-state index contributed by atoms with van der Waals surface area (Å²) in [5, 5.41) is 10.5. The molecule has 1 aromatic rings. The lowest BCUT2D eigenvalue weighted by Gasteiger charge is -2.29. The first-order valence-electron chi connectivity index (χ1n) is 5.34. The van der Waals surface area contributed by atoms with E-state index in [-0.39, 0.29) is 12.0 Å². The lowest BCUT2D eigenvalue weighted by atomic mass is 9.90. The molecule has 1 amide bonds. The molecule has 1 aliphatic carbocycles. The minimum absolute atomic E-state index is 0.104. The maximum atomic E-state index is 14.6. The lowest BCUT2D eigenvalue weighted by molar-refractivity contribution is 0.147. The van der Waals surface area contributed by atoms with E-state index in [1.54, 1.807) is 6.08 Å². The summed E-state index contributed by atoms with van der Waals surface area (Å²) in [4.78, 5) is 10.6. The SMILES string of the molecule is O=C(O)NC1(F)CC=CC=C1c1cccc(F)c1. The van der Waals surface area contributed by atoms with E-state index in [1.165, 1.54) is 36.4 Å². The van der Waals surface area contributed by atoms with Crippen molar-refractivity contribution in [1.82, 2.24) is 5.32 Å². The smallest absolute Gasteiger partial charge is 0.407 e. The number of allylic oxidation sites excluding steroid dienone is 2. The van der Waals surface area contributed by atoms with Crippen molar-refractivity contribution in [2.45, 2.75) is 12.2 Å². The minimum atomic E-state index is -2.23. The zero-order valence-electron chi connectivity index (χ0n) is 9.36.